The SMILES string of the molecule is Cc1ccc(=O)n(CCNC(=O)C2(c3cccs3)CCCC2)n1. The Balaban J connectivity index is 1.67. The zero-order chi connectivity index (χ0) is 16.3. The highest BCUT2D eigenvalue weighted by Crippen LogP contribution is 2.43. The number of rotatable bonds is 5. The van der Waals surface area contributed by atoms with E-state index in [0.29, 0.717) is 13.1 Å². The molecule has 5 nitrogen and oxygen atoms in total. The van der Waals surface area contributed by atoms with Gasteiger partial charge in [-0.25, -0.2) is 4.68 Å². The molecule has 1 saturated carbocycles. The van der Waals surface area contributed by atoms with Crippen molar-refractivity contribution >= 4 is 17.2 Å². The van der Waals surface area contributed by atoms with E-state index in [9.17, 15) is 9.59 Å². The van der Waals surface area contributed by atoms with Crippen LogP contribution in [0.15, 0.2) is 34.4 Å². The van der Waals surface area contributed by atoms with Crippen LogP contribution in [-0.2, 0) is 16.8 Å². The van der Waals surface area contributed by atoms with Crippen LogP contribution in [0, 0.1) is 6.92 Å². The Labute approximate surface area is 139 Å². The largest absolute Gasteiger partial charge is 0.353 e. The van der Waals surface area contributed by atoms with E-state index in [4.69, 9.17) is 0 Å². The van der Waals surface area contributed by atoms with Crippen molar-refractivity contribution < 1.29 is 4.79 Å². The van der Waals surface area contributed by atoms with Crippen LogP contribution in [0.3, 0.4) is 0 Å². The van der Waals surface area contributed by atoms with Gasteiger partial charge in [-0.2, -0.15) is 5.10 Å². The molecule has 0 spiro atoms. The summed E-state index contributed by atoms with van der Waals surface area (Å²) >= 11 is 1.65. The van der Waals surface area contributed by atoms with Gasteiger partial charge in [0.05, 0.1) is 17.7 Å². The highest BCUT2D eigenvalue weighted by molar-refractivity contribution is 7.10. The van der Waals surface area contributed by atoms with Crippen LogP contribution >= 0.6 is 11.3 Å². The van der Waals surface area contributed by atoms with E-state index in [-0.39, 0.29) is 16.9 Å². The lowest BCUT2D eigenvalue weighted by molar-refractivity contribution is -0.126. The van der Waals surface area contributed by atoms with Crippen LogP contribution in [-0.4, -0.2) is 22.2 Å². The summed E-state index contributed by atoms with van der Waals surface area (Å²) in [5, 5.41) is 9.23. The quantitative estimate of drug-likeness (QED) is 0.914. The molecular weight excluding hydrogens is 310 g/mol. The Morgan fingerprint density at radius 2 is 2.13 bits per heavy atom. The number of aryl methyl sites for hydroxylation is 1. The first-order valence-corrected chi connectivity index (χ1v) is 8.87. The van der Waals surface area contributed by atoms with Gasteiger partial charge in [0.2, 0.25) is 5.91 Å². The van der Waals surface area contributed by atoms with Crippen molar-refractivity contribution in [2.24, 2.45) is 0 Å². The molecule has 0 radical (unpaired) electrons. The maximum atomic E-state index is 12.8. The monoisotopic (exact) mass is 331 g/mol. The molecule has 0 bridgehead atoms. The second-order valence-electron chi connectivity index (χ2n) is 6.06. The fourth-order valence-corrected chi connectivity index (χ4v) is 4.25. The van der Waals surface area contributed by atoms with Gasteiger partial charge in [0.15, 0.2) is 0 Å². The molecule has 1 aliphatic rings. The third kappa shape index (κ3) is 3.22. The Bertz CT molecular complexity index is 731. The van der Waals surface area contributed by atoms with E-state index in [1.165, 1.54) is 10.7 Å². The molecule has 1 aliphatic carbocycles. The molecule has 0 unspecified atom stereocenters. The normalized spacial score (nSPS) is 16.4. The van der Waals surface area contributed by atoms with Gasteiger partial charge in [0.25, 0.3) is 5.56 Å². The topological polar surface area (TPSA) is 64.0 Å². The molecule has 1 fully saturated rings. The third-order valence-electron chi connectivity index (χ3n) is 4.49. The van der Waals surface area contributed by atoms with Gasteiger partial charge in [-0.1, -0.05) is 18.9 Å². The maximum absolute atomic E-state index is 12.8. The Morgan fingerprint density at radius 1 is 1.35 bits per heavy atom. The predicted molar refractivity (Wildman–Crippen MR) is 90.7 cm³/mol. The number of carbonyl (C=O) groups is 1. The highest BCUT2D eigenvalue weighted by atomic mass is 32.1. The average Bonchev–Trinajstić information content (AvgIpc) is 3.21. The van der Waals surface area contributed by atoms with Crippen molar-refractivity contribution in [3.05, 3.63) is 50.6 Å². The lowest BCUT2D eigenvalue weighted by atomic mass is 9.83. The number of nitrogens with one attached hydrogen (secondary N) is 1. The zero-order valence-corrected chi connectivity index (χ0v) is 14.1. The van der Waals surface area contributed by atoms with Gasteiger partial charge < -0.3 is 5.32 Å². The highest BCUT2D eigenvalue weighted by Gasteiger charge is 2.43. The maximum Gasteiger partial charge on any atom is 0.266 e. The minimum Gasteiger partial charge on any atom is -0.353 e. The lowest BCUT2D eigenvalue weighted by Gasteiger charge is -2.26. The zero-order valence-electron chi connectivity index (χ0n) is 13.2. The van der Waals surface area contributed by atoms with Crippen LogP contribution < -0.4 is 10.9 Å². The average molecular weight is 331 g/mol. The number of hydrogen-bond donors (Lipinski definition) is 1. The van der Waals surface area contributed by atoms with Gasteiger partial charge in [-0.15, -0.1) is 11.3 Å². The van der Waals surface area contributed by atoms with E-state index in [1.807, 2.05) is 18.4 Å². The predicted octanol–water partition coefficient (Wildman–Crippen LogP) is 2.24. The number of hydrogen-bond acceptors (Lipinski definition) is 4. The van der Waals surface area contributed by atoms with E-state index in [2.05, 4.69) is 16.5 Å². The number of nitrogens with zero attached hydrogens (tertiary/aromatic N) is 2. The summed E-state index contributed by atoms with van der Waals surface area (Å²) in [4.78, 5) is 25.7. The molecule has 2 heterocycles. The summed E-state index contributed by atoms with van der Waals surface area (Å²) in [7, 11) is 0. The van der Waals surface area contributed by atoms with Gasteiger partial charge in [-0.3, -0.25) is 9.59 Å². The van der Waals surface area contributed by atoms with Crippen molar-refractivity contribution in [3.63, 3.8) is 0 Å². The van der Waals surface area contributed by atoms with Crippen molar-refractivity contribution in [1.82, 2.24) is 15.1 Å². The second kappa shape index (κ2) is 6.66. The first-order chi connectivity index (χ1) is 11.1. The molecule has 0 aromatic carbocycles. The van der Waals surface area contributed by atoms with Crippen LogP contribution in [0.1, 0.15) is 36.3 Å². The van der Waals surface area contributed by atoms with E-state index < -0.39 is 0 Å². The number of thiophene rings is 1. The number of amides is 1. The molecule has 6 heteroatoms. The van der Waals surface area contributed by atoms with Crippen LogP contribution in [0.2, 0.25) is 0 Å². The fourth-order valence-electron chi connectivity index (χ4n) is 3.27. The van der Waals surface area contributed by atoms with Gasteiger partial charge in [-0.05, 0) is 37.3 Å². The number of carbonyl (C=O) groups excluding carboxylic acids is 1. The van der Waals surface area contributed by atoms with Gasteiger partial charge in [0, 0.05) is 17.5 Å². The van der Waals surface area contributed by atoms with Crippen molar-refractivity contribution in [2.45, 2.75) is 44.6 Å². The lowest BCUT2D eigenvalue weighted by Crippen LogP contribution is -2.43. The van der Waals surface area contributed by atoms with Gasteiger partial charge in [0.1, 0.15) is 0 Å². The Morgan fingerprint density at radius 3 is 2.83 bits per heavy atom. The molecule has 1 N–H and O–H groups in total. The van der Waals surface area contributed by atoms with Crippen molar-refractivity contribution in [2.75, 3.05) is 6.54 Å². The summed E-state index contributed by atoms with van der Waals surface area (Å²) in [6.07, 6.45) is 3.98. The molecule has 3 rings (SSSR count). The molecule has 122 valence electrons. The molecule has 0 atom stereocenters. The third-order valence-corrected chi connectivity index (χ3v) is 5.57. The van der Waals surface area contributed by atoms with E-state index in [0.717, 1.165) is 36.3 Å². The smallest absolute Gasteiger partial charge is 0.266 e. The van der Waals surface area contributed by atoms with Crippen molar-refractivity contribution in [3.8, 4) is 0 Å². The van der Waals surface area contributed by atoms with Crippen molar-refractivity contribution in [1.29, 1.82) is 0 Å². The molecular formula is C17H21N3O2S. The first kappa shape index (κ1) is 15.9. The Kier molecular flexibility index (Phi) is 4.61. The van der Waals surface area contributed by atoms with Crippen LogP contribution in [0.25, 0.3) is 0 Å². The molecule has 1 amide bonds. The van der Waals surface area contributed by atoms with Gasteiger partial charge >= 0.3 is 0 Å². The summed E-state index contributed by atoms with van der Waals surface area (Å²) in [6, 6.07) is 7.27. The molecule has 0 saturated heterocycles. The number of aromatic nitrogens is 2. The second-order valence-corrected chi connectivity index (χ2v) is 7.01. The molecule has 2 aromatic heterocycles. The van der Waals surface area contributed by atoms with E-state index in [1.54, 1.807) is 17.4 Å². The standard InChI is InChI=1S/C17H21N3O2S/c1-13-6-7-15(21)20(19-13)11-10-18-16(22)17(8-2-3-9-17)14-5-4-12-23-14/h4-7,12H,2-3,8-11H2,1H3,(H,18,22). The molecule has 0 aliphatic heterocycles. The summed E-state index contributed by atoms with van der Waals surface area (Å²) < 4.78 is 1.40. The molecule has 2 aromatic rings. The Hall–Kier alpha value is -1.95. The minimum absolute atomic E-state index is 0.0816. The summed E-state index contributed by atoms with van der Waals surface area (Å²) in [5.74, 6) is 0.0816. The van der Waals surface area contributed by atoms with Crippen LogP contribution in [0.5, 0.6) is 0 Å². The fraction of sp³-hybridized carbons (Fsp3) is 0.471. The minimum atomic E-state index is -0.376. The first-order valence-electron chi connectivity index (χ1n) is 7.99. The molecule has 23 heavy (non-hydrogen) atoms. The summed E-state index contributed by atoms with van der Waals surface area (Å²) in [6.45, 7) is 2.66. The van der Waals surface area contributed by atoms with Crippen LogP contribution in [0.4, 0.5) is 0 Å². The van der Waals surface area contributed by atoms with E-state index >= 15 is 0 Å². The summed E-state index contributed by atoms with van der Waals surface area (Å²) in [5.41, 5.74) is 0.277.